The summed E-state index contributed by atoms with van der Waals surface area (Å²) < 4.78 is 11.4. The molecule has 0 aliphatic carbocycles. The lowest BCUT2D eigenvalue weighted by Gasteiger charge is -2.27. The maximum absolute atomic E-state index is 5.90. The molecule has 3 nitrogen and oxygen atoms in total. The molecule has 1 atom stereocenters. The lowest BCUT2D eigenvalue weighted by Crippen LogP contribution is -2.43. The second-order valence-corrected chi connectivity index (χ2v) is 5.45. The first-order chi connectivity index (χ1) is 8.96. The van der Waals surface area contributed by atoms with Crippen molar-refractivity contribution in [3.8, 4) is 11.5 Å². The Morgan fingerprint density at radius 2 is 1.89 bits per heavy atom. The van der Waals surface area contributed by atoms with E-state index in [9.17, 15) is 0 Å². The van der Waals surface area contributed by atoms with Crippen LogP contribution in [0.25, 0.3) is 0 Å². The lowest BCUT2D eigenvalue weighted by atomic mass is 10.0. The molecule has 1 aromatic carbocycles. The minimum Gasteiger partial charge on any atom is -0.494 e. The van der Waals surface area contributed by atoms with Crippen molar-refractivity contribution in [2.45, 2.75) is 52.7 Å². The molecule has 1 rings (SSSR count). The van der Waals surface area contributed by atoms with Gasteiger partial charge in [-0.2, -0.15) is 0 Å². The Hall–Kier alpha value is -1.22. The fourth-order valence-corrected chi connectivity index (χ4v) is 1.62. The zero-order chi connectivity index (χ0) is 14.3. The van der Waals surface area contributed by atoms with Crippen LogP contribution in [0, 0.1) is 0 Å². The number of rotatable bonds is 8. The van der Waals surface area contributed by atoms with Crippen molar-refractivity contribution in [2.24, 2.45) is 0 Å². The first-order valence-corrected chi connectivity index (χ1v) is 7.11. The van der Waals surface area contributed by atoms with E-state index in [-0.39, 0.29) is 11.6 Å². The van der Waals surface area contributed by atoms with E-state index in [0.717, 1.165) is 24.5 Å². The van der Waals surface area contributed by atoms with Crippen LogP contribution in [0.1, 0.15) is 41.0 Å². The van der Waals surface area contributed by atoms with E-state index in [1.165, 1.54) is 0 Å². The average molecular weight is 265 g/mol. The van der Waals surface area contributed by atoms with E-state index >= 15 is 0 Å². The van der Waals surface area contributed by atoms with Crippen molar-refractivity contribution in [1.82, 2.24) is 5.32 Å². The quantitative estimate of drug-likeness (QED) is 0.778. The van der Waals surface area contributed by atoms with Crippen LogP contribution in [0.5, 0.6) is 11.5 Å². The monoisotopic (exact) mass is 265 g/mol. The minimum absolute atomic E-state index is 0.128. The molecule has 108 valence electrons. The van der Waals surface area contributed by atoms with E-state index in [1.807, 2.05) is 31.2 Å². The van der Waals surface area contributed by atoms with Crippen LogP contribution < -0.4 is 14.8 Å². The third-order valence-electron chi connectivity index (χ3n) is 3.21. The summed E-state index contributed by atoms with van der Waals surface area (Å²) >= 11 is 0. The van der Waals surface area contributed by atoms with Gasteiger partial charge < -0.3 is 14.8 Å². The van der Waals surface area contributed by atoms with Crippen LogP contribution in [-0.2, 0) is 0 Å². The summed E-state index contributed by atoms with van der Waals surface area (Å²) in [7, 11) is 0. The maximum atomic E-state index is 5.90. The van der Waals surface area contributed by atoms with Crippen molar-refractivity contribution in [2.75, 3.05) is 13.2 Å². The van der Waals surface area contributed by atoms with Gasteiger partial charge in [0.15, 0.2) is 0 Å². The Morgan fingerprint density at radius 3 is 2.53 bits per heavy atom. The largest absolute Gasteiger partial charge is 0.494 e. The number of ether oxygens (including phenoxy) is 2. The maximum Gasteiger partial charge on any atom is 0.123 e. The Labute approximate surface area is 117 Å². The first kappa shape index (κ1) is 15.8. The summed E-state index contributed by atoms with van der Waals surface area (Å²) in [6.45, 7) is 12.2. The molecule has 0 amide bonds. The fourth-order valence-electron chi connectivity index (χ4n) is 1.62. The molecule has 0 fully saturated rings. The standard InChI is InChI=1S/C16H27NO2/c1-6-16(4,5)17-12-13(3)19-15-10-8-9-14(11-15)18-7-2/h8-11,13,17H,6-7,12H2,1-5H3. The van der Waals surface area contributed by atoms with Gasteiger partial charge in [-0.1, -0.05) is 13.0 Å². The Kier molecular flexibility index (Phi) is 6.16. The van der Waals surface area contributed by atoms with Gasteiger partial charge in [0.1, 0.15) is 17.6 Å². The van der Waals surface area contributed by atoms with Gasteiger partial charge in [-0.25, -0.2) is 0 Å². The Morgan fingerprint density at radius 1 is 1.21 bits per heavy atom. The SMILES string of the molecule is CCOc1cccc(OC(C)CNC(C)(C)CC)c1. The number of hydrogen-bond acceptors (Lipinski definition) is 3. The zero-order valence-electron chi connectivity index (χ0n) is 12.8. The van der Waals surface area contributed by atoms with E-state index in [1.54, 1.807) is 0 Å². The summed E-state index contributed by atoms with van der Waals surface area (Å²) in [6.07, 6.45) is 1.22. The predicted molar refractivity (Wildman–Crippen MR) is 80.1 cm³/mol. The molecule has 0 bridgehead atoms. The molecule has 0 saturated carbocycles. The van der Waals surface area contributed by atoms with E-state index < -0.39 is 0 Å². The molecule has 0 radical (unpaired) electrons. The van der Waals surface area contributed by atoms with E-state index in [2.05, 4.69) is 33.0 Å². The Bertz CT molecular complexity index is 377. The van der Waals surface area contributed by atoms with Crippen LogP contribution in [0.4, 0.5) is 0 Å². The molecule has 1 N–H and O–H groups in total. The van der Waals surface area contributed by atoms with Gasteiger partial charge in [0.25, 0.3) is 0 Å². The van der Waals surface area contributed by atoms with Gasteiger partial charge >= 0.3 is 0 Å². The highest BCUT2D eigenvalue weighted by atomic mass is 16.5. The van der Waals surface area contributed by atoms with Crippen molar-refractivity contribution < 1.29 is 9.47 Å². The van der Waals surface area contributed by atoms with Gasteiger partial charge in [0.2, 0.25) is 0 Å². The molecule has 3 heteroatoms. The van der Waals surface area contributed by atoms with Crippen LogP contribution in [0.2, 0.25) is 0 Å². The first-order valence-electron chi connectivity index (χ1n) is 7.11. The van der Waals surface area contributed by atoms with Gasteiger partial charge in [-0.15, -0.1) is 0 Å². The molecular formula is C16H27NO2. The van der Waals surface area contributed by atoms with E-state index in [4.69, 9.17) is 9.47 Å². The van der Waals surface area contributed by atoms with Gasteiger partial charge in [0, 0.05) is 18.2 Å². The topological polar surface area (TPSA) is 30.5 Å². The lowest BCUT2D eigenvalue weighted by molar-refractivity contribution is 0.198. The highest BCUT2D eigenvalue weighted by Crippen LogP contribution is 2.20. The molecule has 0 spiro atoms. The third-order valence-corrected chi connectivity index (χ3v) is 3.21. The van der Waals surface area contributed by atoms with Crippen LogP contribution >= 0.6 is 0 Å². The van der Waals surface area contributed by atoms with Crippen LogP contribution in [0.3, 0.4) is 0 Å². The molecule has 1 aromatic rings. The molecule has 0 saturated heterocycles. The fraction of sp³-hybridized carbons (Fsp3) is 0.625. The molecule has 19 heavy (non-hydrogen) atoms. The van der Waals surface area contributed by atoms with Gasteiger partial charge in [0.05, 0.1) is 6.61 Å². The number of nitrogens with one attached hydrogen (secondary N) is 1. The summed E-state index contributed by atoms with van der Waals surface area (Å²) in [5, 5.41) is 3.51. The average Bonchev–Trinajstić information content (AvgIpc) is 2.37. The second-order valence-electron chi connectivity index (χ2n) is 5.45. The molecule has 0 aliphatic heterocycles. The van der Waals surface area contributed by atoms with Crippen molar-refractivity contribution >= 4 is 0 Å². The highest BCUT2D eigenvalue weighted by Gasteiger charge is 2.15. The van der Waals surface area contributed by atoms with Crippen LogP contribution in [0.15, 0.2) is 24.3 Å². The normalized spacial score (nSPS) is 13.1. The van der Waals surface area contributed by atoms with Gasteiger partial charge in [-0.3, -0.25) is 0 Å². The van der Waals surface area contributed by atoms with Crippen molar-refractivity contribution in [3.63, 3.8) is 0 Å². The summed E-state index contributed by atoms with van der Waals surface area (Å²) in [5.41, 5.74) is 0.158. The number of benzene rings is 1. The summed E-state index contributed by atoms with van der Waals surface area (Å²) in [4.78, 5) is 0. The molecular weight excluding hydrogens is 238 g/mol. The predicted octanol–water partition coefficient (Wildman–Crippen LogP) is 3.63. The smallest absolute Gasteiger partial charge is 0.123 e. The van der Waals surface area contributed by atoms with E-state index in [0.29, 0.717) is 6.61 Å². The van der Waals surface area contributed by atoms with Crippen molar-refractivity contribution in [1.29, 1.82) is 0 Å². The summed E-state index contributed by atoms with van der Waals surface area (Å²) in [5.74, 6) is 1.71. The second kappa shape index (κ2) is 7.39. The molecule has 0 aliphatic rings. The molecule has 0 aromatic heterocycles. The Balaban J connectivity index is 2.47. The molecule has 1 unspecified atom stereocenters. The highest BCUT2D eigenvalue weighted by molar-refractivity contribution is 5.33. The minimum atomic E-state index is 0.128. The molecule has 0 heterocycles. The van der Waals surface area contributed by atoms with Crippen molar-refractivity contribution in [3.05, 3.63) is 24.3 Å². The third kappa shape index (κ3) is 5.97. The van der Waals surface area contributed by atoms with Gasteiger partial charge in [-0.05, 0) is 46.2 Å². The van der Waals surface area contributed by atoms with Crippen LogP contribution in [-0.4, -0.2) is 24.8 Å². The zero-order valence-corrected chi connectivity index (χ0v) is 12.8. The number of hydrogen-bond donors (Lipinski definition) is 1. The summed E-state index contributed by atoms with van der Waals surface area (Å²) in [6, 6.07) is 7.80.